The molecule has 6 nitrogen and oxygen atoms in total. The van der Waals surface area contributed by atoms with Crippen molar-refractivity contribution in [2.24, 2.45) is 11.8 Å². The van der Waals surface area contributed by atoms with E-state index in [-0.39, 0.29) is 18.7 Å². The van der Waals surface area contributed by atoms with Crippen molar-refractivity contribution in [1.29, 1.82) is 0 Å². The number of carboxylic acids is 1. The maximum absolute atomic E-state index is 12.0. The Hall–Kier alpha value is -1.30. The summed E-state index contributed by atoms with van der Waals surface area (Å²) in [5.41, 5.74) is 0. The molecule has 2 unspecified atom stereocenters. The van der Waals surface area contributed by atoms with Crippen LogP contribution in [0.15, 0.2) is 0 Å². The summed E-state index contributed by atoms with van der Waals surface area (Å²) in [7, 11) is 1.65. The Kier molecular flexibility index (Phi) is 6.78. The molecule has 1 fully saturated rings. The average Bonchev–Trinajstić information content (AvgIpc) is 2.42. The average molecular weight is 286 g/mol. The Morgan fingerprint density at radius 3 is 2.70 bits per heavy atom. The number of likely N-dealkylation sites (tertiary alicyclic amines) is 1. The first-order valence-corrected chi connectivity index (χ1v) is 7.22. The van der Waals surface area contributed by atoms with Crippen molar-refractivity contribution in [2.45, 2.75) is 39.2 Å². The molecule has 0 bridgehead atoms. The molecule has 1 rings (SSSR count). The number of piperidine rings is 1. The largest absolute Gasteiger partial charge is 0.481 e. The van der Waals surface area contributed by atoms with E-state index in [1.807, 2.05) is 13.8 Å². The van der Waals surface area contributed by atoms with Gasteiger partial charge in [0, 0.05) is 26.7 Å². The predicted octanol–water partition coefficient (Wildman–Crippen LogP) is 1.55. The summed E-state index contributed by atoms with van der Waals surface area (Å²) in [5.74, 6) is -1.09. The number of amides is 2. The van der Waals surface area contributed by atoms with Crippen LogP contribution in [-0.2, 0) is 9.53 Å². The van der Waals surface area contributed by atoms with Gasteiger partial charge in [-0.2, -0.15) is 0 Å². The van der Waals surface area contributed by atoms with Crippen molar-refractivity contribution in [3.8, 4) is 0 Å². The van der Waals surface area contributed by atoms with Gasteiger partial charge in [0.15, 0.2) is 0 Å². The molecule has 1 aliphatic heterocycles. The summed E-state index contributed by atoms with van der Waals surface area (Å²) in [6.45, 7) is 5.41. The highest BCUT2D eigenvalue weighted by Gasteiger charge is 2.25. The summed E-state index contributed by atoms with van der Waals surface area (Å²) >= 11 is 0. The summed E-state index contributed by atoms with van der Waals surface area (Å²) in [4.78, 5) is 24.9. The number of rotatable bonds is 6. The Balaban J connectivity index is 2.42. The van der Waals surface area contributed by atoms with Crippen LogP contribution in [-0.4, -0.2) is 54.9 Å². The minimum absolute atomic E-state index is 0.0837. The SMILES string of the molecule is COC1CCCN(C(=O)NCC(CC(C)C)C(=O)O)C1. The summed E-state index contributed by atoms with van der Waals surface area (Å²) in [5, 5.41) is 11.9. The van der Waals surface area contributed by atoms with Gasteiger partial charge in [-0.15, -0.1) is 0 Å². The van der Waals surface area contributed by atoms with E-state index in [1.165, 1.54) is 0 Å². The van der Waals surface area contributed by atoms with Gasteiger partial charge in [0.1, 0.15) is 0 Å². The highest BCUT2D eigenvalue weighted by Crippen LogP contribution is 2.14. The summed E-state index contributed by atoms with van der Waals surface area (Å²) in [6, 6.07) is -0.193. The topological polar surface area (TPSA) is 78.9 Å². The predicted molar refractivity (Wildman–Crippen MR) is 75.6 cm³/mol. The van der Waals surface area contributed by atoms with Crippen LogP contribution in [0, 0.1) is 11.8 Å². The minimum atomic E-state index is -0.854. The fourth-order valence-corrected chi connectivity index (χ4v) is 2.48. The zero-order chi connectivity index (χ0) is 15.1. The molecule has 0 aromatic carbocycles. The van der Waals surface area contributed by atoms with E-state index in [9.17, 15) is 9.59 Å². The van der Waals surface area contributed by atoms with E-state index in [2.05, 4.69) is 5.32 Å². The molecule has 1 heterocycles. The highest BCUT2D eigenvalue weighted by atomic mass is 16.5. The smallest absolute Gasteiger partial charge is 0.317 e. The quantitative estimate of drug-likeness (QED) is 0.776. The molecule has 1 saturated heterocycles. The van der Waals surface area contributed by atoms with Gasteiger partial charge < -0.3 is 20.1 Å². The highest BCUT2D eigenvalue weighted by molar-refractivity contribution is 5.76. The van der Waals surface area contributed by atoms with Gasteiger partial charge in [0.25, 0.3) is 0 Å². The van der Waals surface area contributed by atoms with Crippen LogP contribution in [0.3, 0.4) is 0 Å². The standard InChI is InChI=1S/C14H26N2O4/c1-10(2)7-11(13(17)18)8-15-14(19)16-6-4-5-12(9-16)20-3/h10-12H,4-9H2,1-3H3,(H,15,19)(H,17,18). The van der Waals surface area contributed by atoms with Gasteiger partial charge in [-0.25, -0.2) is 4.79 Å². The number of aliphatic carboxylic acids is 1. The Morgan fingerprint density at radius 2 is 2.15 bits per heavy atom. The fourth-order valence-electron chi connectivity index (χ4n) is 2.48. The molecule has 0 saturated carbocycles. The van der Waals surface area contributed by atoms with Crippen LogP contribution in [0.5, 0.6) is 0 Å². The number of nitrogens with zero attached hydrogens (tertiary/aromatic N) is 1. The number of carbonyl (C=O) groups excluding carboxylic acids is 1. The van der Waals surface area contributed by atoms with E-state index >= 15 is 0 Å². The van der Waals surface area contributed by atoms with Gasteiger partial charge in [-0.05, 0) is 25.2 Å². The second-order valence-electron chi connectivity index (χ2n) is 5.80. The second kappa shape index (κ2) is 8.09. The lowest BCUT2D eigenvalue weighted by Gasteiger charge is -2.32. The first-order valence-electron chi connectivity index (χ1n) is 7.22. The Bertz CT molecular complexity index is 333. The third kappa shape index (κ3) is 5.36. The van der Waals surface area contributed by atoms with Gasteiger partial charge in [0.2, 0.25) is 0 Å². The lowest BCUT2D eigenvalue weighted by molar-refractivity contribution is -0.142. The van der Waals surface area contributed by atoms with Crippen LogP contribution in [0.25, 0.3) is 0 Å². The molecular weight excluding hydrogens is 260 g/mol. The first kappa shape index (κ1) is 16.8. The van der Waals surface area contributed by atoms with E-state index in [4.69, 9.17) is 9.84 Å². The van der Waals surface area contributed by atoms with Crippen LogP contribution in [0.4, 0.5) is 4.79 Å². The molecular formula is C14H26N2O4. The lowest BCUT2D eigenvalue weighted by Crippen LogP contribution is -2.49. The minimum Gasteiger partial charge on any atom is -0.481 e. The zero-order valence-corrected chi connectivity index (χ0v) is 12.6. The van der Waals surface area contributed by atoms with Crippen molar-refractivity contribution in [1.82, 2.24) is 10.2 Å². The number of methoxy groups -OCH3 is 1. The normalized spacial score (nSPS) is 20.8. The number of hydrogen-bond acceptors (Lipinski definition) is 3. The molecule has 0 aromatic rings. The third-order valence-electron chi connectivity index (χ3n) is 3.60. The molecule has 0 spiro atoms. The molecule has 0 aromatic heterocycles. The Labute approximate surface area is 120 Å². The van der Waals surface area contributed by atoms with Crippen molar-refractivity contribution < 1.29 is 19.4 Å². The molecule has 1 aliphatic rings. The summed E-state index contributed by atoms with van der Waals surface area (Å²) < 4.78 is 5.27. The Morgan fingerprint density at radius 1 is 1.45 bits per heavy atom. The van der Waals surface area contributed by atoms with E-state index < -0.39 is 11.9 Å². The second-order valence-corrected chi connectivity index (χ2v) is 5.80. The zero-order valence-electron chi connectivity index (χ0n) is 12.6. The molecule has 2 atom stereocenters. The van der Waals surface area contributed by atoms with E-state index in [0.717, 1.165) is 12.8 Å². The van der Waals surface area contributed by atoms with Gasteiger partial charge >= 0.3 is 12.0 Å². The van der Waals surface area contributed by atoms with Crippen molar-refractivity contribution in [2.75, 3.05) is 26.7 Å². The summed E-state index contributed by atoms with van der Waals surface area (Å²) in [6.07, 6.45) is 2.53. The molecule has 20 heavy (non-hydrogen) atoms. The number of carbonyl (C=O) groups is 2. The number of nitrogens with one attached hydrogen (secondary N) is 1. The fraction of sp³-hybridized carbons (Fsp3) is 0.857. The van der Waals surface area contributed by atoms with Crippen LogP contribution >= 0.6 is 0 Å². The molecule has 2 amide bonds. The molecule has 116 valence electrons. The van der Waals surface area contributed by atoms with E-state index in [1.54, 1.807) is 12.0 Å². The number of urea groups is 1. The van der Waals surface area contributed by atoms with Crippen LogP contribution in [0.2, 0.25) is 0 Å². The van der Waals surface area contributed by atoms with Crippen molar-refractivity contribution >= 4 is 12.0 Å². The number of hydrogen-bond donors (Lipinski definition) is 2. The van der Waals surface area contributed by atoms with Crippen LogP contribution < -0.4 is 5.32 Å². The molecule has 2 N–H and O–H groups in total. The van der Waals surface area contributed by atoms with Crippen LogP contribution in [0.1, 0.15) is 33.1 Å². The van der Waals surface area contributed by atoms with Gasteiger partial charge in [0.05, 0.1) is 12.0 Å². The lowest BCUT2D eigenvalue weighted by atomic mass is 9.97. The van der Waals surface area contributed by atoms with E-state index in [0.29, 0.717) is 25.4 Å². The molecule has 6 heteroatoms. The van der Waals surface area contributed by atoms with Crippen molar-refractivity contribution in [3.63, 3.8) is 0 Å². The maximum atomic E-state index is 12.0. The maximum Gasteiger partial charge on any atom is 0.317 e. The van der Waals surface area contributed by atoms with Gasteiger partial charge in [-0.1, -0.05) is 13.8 Å². The van der Waals surface area contributed by atoms with Crippen molar-refractivity contribution in [3.05, 3.63) is 0 Å². The number of ether oxygens (including phenoxy) is 1. The molecule has 0 radical (unpaired) electrons. The number of carboxylic acid groups (broad SMARTS) is 1. The third-order valence-corrected chi connectivity index (χ3v) is 3.60. The monoisotopic (exact) mass is 286 g/mol. The molecule has 0 aliphatic carbocycles. The van der Waals surface area contributed by atoms with Gasteiger partial charge in [-0.3, -0.25) is 4.79 Å². The first-order chi connectivity index (χ1) is 9.43.